The summed E-state index contributed by atoms with van der Waals surface area (Å²) in [5.74, 6) is 0.00239. The quantitative estimate of drug-likeness (QED) is 0.489. The first-order valence-corrected chi connectivity index (χ1v) is 10.9. The van der Waals surface area contributed by atoms with Gasteiger partial charge in [-0.05, 0) is 31.2 Å². The first kappa shape index (κ1) is 20.2. The van der Waals surface area contributed by atoms with Gasteiger partial charge in [0, 0.05) is 59.9 Å². The molecule has 7 heteroatoms. The average Bonchev–Trinajstić information content (AvgIpc) is 2.84. The molecule has 1 aliphatic heterocycles. The first-order chi connectivity index (χ1) is 15.6. The van der Waals surface area contributed by atoms with Crippen molar-refractivity contribution in [1.82, 2.24) is 14.9 Å². The molecule has 7 nitrogen and oxygen atoms in total. The van der Waals surface area contributed by atoms with Crippen molar-refractivity contribution in [2.24, 2.45) is 0 Å². The smallest absolute Gasteiger partial charge is 0.257 e. The van der Waals surface area contributed by atoms with E-state index in [1.165, 1.54) is 0 Å². The van der Waals surface area contributed by atoms with Crippen LogP contribution in [0, 0.1) is 0 Å². The topological polar surface area (TPSA) is 81.3 Å². The molecule has 1 aliphatic rings. The number of aromatic nitrogens is 2. The number of nitrogens with zero attached hydrogens (tertiary/aromatic N) is 3. The van der Waals surface area contributed by atoms with Crippen molar-refractivity contribution in [3.63, 3.8) is 0 Å². The van der Waals surface area contributed by atoms with Crippen molar-refractivity contribution >= 4 is 39.1 Å². The number of nitrogens with one attached hydrogen (secondary N) is 2. The number of fused-ring (bicyclic) bond motifs is 3. The van der Waals surface area contributed by atoms with E-state index in [4.69, 9.17) is 0 Å². The van der Waals surface area contributed by atoms with Gasteiger partial charge in [-0.25, -0.2) is 4.98 Å². The van der Waals surface area contributed by atoms with Crippen LogP contribution in [0.4, 0.5) is 11.4 Å². The summed E-state index contributed by atoms with van der Waals surface area (Å²) >= 11 is 0. The second-order valence-electron chi connectivity index (χ2n) is 8.11. The van der Waals surface area contributed by atoms with Crippen LogP contribution < -0.4 is 15.8 Å². The molecule has 0 radical (unpaired) electrons. The standard InChI is InChI=1S/C25H25N5O2/c1-17(24(31)27-18-7-3-2-4-8-18)29-13-15-30(16-14-29)21-11-12-26-23-22(21)19-9-5-6-10-20(19)25(32)28-23/h2-12,17H,13-16H2,1H3,(H,27,31)(H,26,28,32). The molecule has 1 saturated heterocycles. The molecule has 1 unspecified atom stereocenters. The SMILES string of the molecule is CC(C(=O)Nc1ccccc1)N1CCN(c2ccnc3[nH]c(=O)c4ccccc4c23)CC1. The van der Waals surface area contributed by atoms with Gasteiger partial charge < -0.3 is 15.2 Å². The molecule has 2 aromatic carbocycles. The van der Waals surface area contributed by atoms with Crippen LogP contribution in [0.2, 0.25) is 0 Å². The minimum Gasteiger partial charge on any atom is -0.368 e. The Balaban J connectivity index is 1.36. The second-order valence-corrected chi connectivity index (χ2v) is 8.11. The van der Waals surface area contributed by atoms with Crippen molar-refractivity contribution in [1.29, 1.82) is 0 Å². The normalized spacial score (nSPS) is 15.7. The average molecular weight is 428 g/mol. The molecule has 1 amide bonds. The Kier molecular flexibility index (Phi) is 5.33. The molecule has 4 aromatic rings. The molecule has 162 valence electrons. The van der Waals surface area contributed by atoms with Gasteiger partial charge >= 0.3 is 0 Å². The number of aromatic amines is 1. The van der Waals surface area contributed by atoms with E-state index in [9.17, 15) is 9.59 Å². The number of pyridine rings is 2. The van der Waals surface area contributed by atoms with Crippen molar-refractivity contribution in [2.75, 3.05) is 36.4 Å². The van der Waals surface area contributed by atoms with E-state index in [1.54, 1.807) is 6.20 Å². The molecular weight excluding hydrogens is 402 g/mol. The zero-order chi connectivity index (χ0) is 22.1. The number of hydrogen-bond donors (Lipinski definition) is 2. The summed E-state index contributed by atoms with van der Waals surface area (Å²) in [6.45, 7) is 5.07. The van der Waals surface area contributed by atoms with E-state index in [0.717, 1.165) is 48.3 Å². The summed E-state index contributed by atoms with van der Waals surface area (Å²) in [5, 5.41) is 5.53. The molecule has 2 N–H and O–H groups in total. The van der Waals surface area contributed by atoms with Crippen LogP contribution in [0.1, 0.15) is 6.92 Å². The Morgan fingerprint density at radius 1 is 0.969 bits per heavy atom. The van der Waals surface area contributed by atoms with E-state index in [2.05, 4.69) is 25.1 Å². The highest BCUT2D eigenvalue weighted by atomic mass is 16.2. The maximum atomic E-state index is 12.7. The fourth-order valence-electron chi connectivity index (χ4n) is 4.43. The number of rotatable bonds is 4. The summed E-state index contributed by atoms with van der Waals surface area (Å²) in [4.78, 5) is 37.0. The highest BCUT2D eigenvalue weighted by Crippen LogP contribution is 2.30. The number of hydrogen-bond acceptors (Lipinski definition) is 5. The molecule has 2 aromatic heterocycles. The maximum absolute atomic E-state index is 12.7. The predicted molar refractivity (Wildman–Crippen MR) is 128 cm³/mol. The van der Waals surface area contributed by atoms with Gasteiger partial charge in [0.25, 0.3) is 5.56 Å². The fourth-order valence-corrected chi connectivity index (χ4v) is 4.43. The van der Waals surface area contributed by atoms with Crippen molar-refractivity contribution in [3.8, 4) is 0 Å². The number of carbonyl (C=O) groups excluding carboxylic acids is 1. The van der Waals surface area contributed by atoms with Gasteiger partial charge in [0.2, 0.25) is 5.91 Å². The van der Waals surface area contributed by atoms with E-state index in [0.29, 0.717) is 11.0 Å². The van der Waals surface area contributed by atoms with E-state index >= 15 is 0 Å². The van der Waals surface area contributed by atoms with E-state index in [-0.39, 0.29) is 17.5 Å². The number of para-hydroxylation sites is 1. The summed E-state index contributed by atoms with van der Waals surface area (Å²) < 4.78 is 0. The Morgan fingerprint density at radius 2 is 1.66 bits per heavy atom. The van der Waals surface area contributed by atoms with Crippen LogP contribution in [-0.4, -0.2) is 53.0 Å². The van der Waals surface area contributed by atoms with Gasteiger partial charge in [-0.15, -0.1) is 0 Å². The Bertz CT molecular complexity index is 1330. The second kappa shape index (κ2) is 8.43. The lowest BCUT2D eigenvalue weighted by Gasteiger charge is -2.38. The van der Waals surface area contributed by atoms with Crippen molar-refractivity contribution in [2.45, 2.75) is 13.0 Å². The van der Waals surface area contributed by atoms with Crippen LogP contribution in [0.5, 0.6) is 0 Å². The highest BCUT2D eigenvalue weighted by molar-refractivity contribution is 6.10. The lowest BCUT2D eigenvalue weighted by molar-refractivity contribution is -0.120. The molecule has 3 heterocycles. The predicted octanol–water partition coefficient (Wildman–Crippen LogP) is 3.23. The first-order valence-electron chi connectivity index (χ1n) is 10.9. The zero-order valence-corrected chi connectivity index (χ0v) is 17.9. The third-order valence-corrected chi connectivity index (χ3v) is 6.23. The van der Waals surface area contributed by atoms with Crippen molar-refractivity contribution in [3.05, 3.63) is 77.2 Å². The van der Waals surface area contributed by atoms with Gasteiger partial charge in [-0.3, -0.25) is 14.5 Å². The summed E-state index contributed by atoms with van der Waals surface area (Å²) in [6.07, 6.45) is 1.74. The van der Waals surface area contributed by atoms with E-state index < -0.39 is 0 Å². The van der Waals surface area contributed by atoms with Gasteiger partial charge in [0.15, 0.2) is 0 Å². The van der Waals surface area contributed by atoms with E-state index in [1.807, 2.05) is 67.6 Å². The molecule has 0 bridgehead atoms. The molecule has 32 heavy (non-hydrogen) atoms. The van der Waals surface area contributed by atoms with Gasteiger partial charge in [-0.2, -0.15) is 0 Å². The summed E-state index contributed by atoms with van der Waals surface area (Å²) in [5.41, 5.74) is 2.35. The molecule has 0 saturated carbocycles. The number of H-pyrrole nitrogens is 1. The van der Waals surface area contributed by atoms with Crippen LogP contribution in [0.3, 0.4) is 0 Å². The van der Waals surface area contributed by atoms with Crippen LogP contribution >= 0.6 is 0 Å². The minimum atomic E-state index is -0.219. The van der Waals surface area contributed by atoms with Crippen molar-refractivity contribution < 1.29 is 4.79 Å². The molecule has 0 aliphatic carbocycles. The lowest BCUT2D eigenvalue weighted by Crippen LogP contribution is -2.52. The third kappa shape index (κ3) is 3.71. The maximum Gasteiger partial charge on any atom is 0.257 e. The Hall–Kier alpha value is -3.71. The molecule has 1 fully saturated rings. The Labute approximate surface area is 185 Å². The summed E-state index contributed by atoms with van der Waals surface area (Å²) in [7, 11) is 0. The lowest BCUT2D eigenvalue weighted by atomic mass is 10.1. The monoisotopic (exact) mass is 427 g/mol. The number of piperazine rings is 1. The molecule has 5 rings (SSSR count). The minimum absolute atomic E-state index is 0.00239. The fraction of sp³-hybridized carbons (Fsp3) is 0.240. The largest absolute Gasteiger partial charge is 0.368 e. The zero-order valence-electron chi connectivity index (χ0n) is 17.9. The number of benzene rings is 2. The Morgan fingerprint density at radius 3 is 2.41 bits per heavy atom. The highest BCUT2D eigenvalue weighted by Gasteiger charge is 2.27. The number of anilines is 2. The molecule has 0 spiro atoms. The molecule has 1 atom stereocenters. The van der Waals surface area contributed by atoms with Gasteiger partial charge in [0.1, 0.15) is 5.65 Å². The number of amides is 1. The van der Waals surface area contributed by atoms with Crippen LogP contribution in [0.25, 0.3) is 21.8 Å². The third-order valence-electron chi connectivity index (χ3n) is 6.23. The van der Waals surface area contributed by atoms with Crippen LogP contribution in [0.15, 0.2) is 71.7 Å². The van der Waals surface area contributed by atoms with Gasteiger partial charge in [-0.1, -0.05) is 36.4 Å². The summed E-state index contributed by atoms with van der Waals surface area (Å²) in [6, 6.07) is 19.0. The van der Waals surface area contributed by atoms with Crippen LogP contribution in [-0.2, 0) is 4.79 Å². The number of carbonyl (C=O) groups is 1. The van der Waals surface area contributed by atoms with Gasteiger partial charge in [0.05, 0.1) is 6.04 Å². The molecular formula is C25H25N5O2.